The Hall–Kier alpha value is -3.00. The topological polar surface area (TPSA) is 88.9 Å². The molecule has 0 radical (unpaired) electrons. The first-order chi connectivity index (χ1) is 12.7. The van der Waals surface area contributed by atoms with Gasteiger partial charge in [-0.05, 0) is 0 Å². The van der Waals surface area contributed by atoms with Gasteiger partial charge in [0.05, 0.1) is 23.9 Å². The molecule has 1 aliphatic rings. The predicted octanol–water partition coefficient (Wildman–Crippen LogP) is 1.46. The van der Waals surface area contributed by atoms with Crippen LogP contribution in [0.15, 0.2) is 42.7 Å². The van der Waals surface area contributed by atoms with E-state index in [-0.39, 0.29) is 17.9 Å². The number of rotatable bonds is 4. The highest BCUT2D eigenvalue weighted by molar-refractivity contribution is 5.93. The maximum absolute atomic E-state index is 12.9. The van der Waals surface area contributed by atoms with E-state index in [1.165, 1.54) is 0 Å². The van der Waals surface area contributed by atoms with Gasteiger partial charge in [0.2, 0.25) is 0 Å². The van der Waals surface area contributed by atoms with Crippen LogP contribution < -0.4 is 0 Å². The van der Waals surface area contributed by atoms with Gasteiger partial charge in [-0.25, -0.2) is 4.98 Å². The SMILES string of the molecule is CO[C@@H]1CN(C(=O)c2cnc(-c3ccccc3)[nH]2)C[C@H]1c1cn(C)nn1. The Bertz CT molecular complexity index is 903. The molecule has 2 atom stereocenters. The van der Waals surface area contributed by atoms with Crippen molar-refractivity contribution in [3.8, 4) is 11.4 Å². The highest BCUT2D eigenvalue weighted by atomic mass is 16.5. The number of H-pyrrole nitrogens is 1. The van der Waals surface area contributed by atoms with Crippen LogP contribution in [-0.4, -0.2) is 62.1 Å². The van der Waals surface area contributed by atoms with Gasteiger partial charge in [0.15, 0.2) is 0 Å². The largest absolute Gasteiger partial charge is 0.379 e. The minimum absolute atomic E-state index is 0.00849. The number of nitrogens with one attached hydrogen (secondary N) is 1. The van der Waals surface area contributed by atoms with Gasteiger partial charge in [0.25, 0.3) is 5.91 Å². The highest BCUT2D eigenvalue weighted by Gasteiger charge is 2.38. The van der Waals surface area contributed by atoms with Gasteiger partial charge >= 0.3 is 0 Å². The molecule has 0 aliphatic carbocycles. The zero-order chi connectivity index (χ0) is 18.1. The maximum Gasteiger partial charge on any atom is 0.272 e. The minimum atomic E-state index is -0.104. The average Bonchev–Trinajstić information content (AvgIpc) is 3.40. The number of hydrogen-bond donors (Lipinski definition) is 1. The fourth-order valence-corrected chi connectivity index (χ4v) is 3.34. The number of carbonyl (C=O) groups is 1. The van der Waals surface area contributed by atoms with Crippen molar-refractivity contribution in [3.05, 3.63) is 54.1 Å². The second kappa shape index (κ2) is 6.72. The molecule has 0 spiro atoms. The Morgan fingerprint density at radius 3 is 2.77 bits per heavy atom. The van der Waals surface area contributed by atoms with Crippen molar-refractivity contribution in [2.75, 3.05) is 20.2 Å². The second-order valence-electron chi connectivity index (χ2n) is 6.42. The standard InChI is InChI=1S/C18H20N6O2/c1-23-10-15(21-22-23)13-9-24(11-16(13)26-2)18(25)14-8-19-17(20-14)12-6-4-3-5-7-12/h3-8,10,13,16H,9,11H2,1-2H3,(H,19,20)/t13-,16+/m0/s1. The number of ether oxygens (including phenoxy) is 1. The van der Waals surface area contributed by atoms with E-state index in [1.807, 2.05) is 43.6 Å². The van der Waals surface area contributed by atoms with E-state index in [0.717, 1.165) is 11.3 Å². The highest BCUT2D eigenvalue weighted by Crippen LogP contribution is 2.29. The molecule has 0 saturated carbocycles. The average molecular weight is 352 g/mol. The number of hydrogen-bond acceptors (Lipinski definition) is 5. The Kier molecular flexibility index (Phi) is 4.26. The van der Waals surface area contributed by atoms with Crippen molar-refractivity contribution >= 4 is 5.91 Å². The molecule has 26 heavy (non-hydrogen) atoms. The number of likely N-dealkylation sites (tertiary alicyclic amines) is 1. The molecule has 8 heteroatoms. The van der Waals surface area contributed by atoms with Gasteiger partial charge in [-0.3, -0.25) is 9.48 Å². The van der Waals surface area contributed by atoms with E-state index in [4.69, 9.17) is 4.74 Å². The quantitative estimate of drug-likeness (QED) is 0.768. The summed E-state index contributed by atoms with van der Waals surface area (Å²) in [5.74, 6) is 0.601. The lowest BCUT2D eigenvalue weighted by molar-refractivity contribution is 0.0710. The van der Waals surface area contributed by atoms with Crippen molar-refractivity contribution in [2.45, 2.75) is 12.0 Å². The molecular formula is C18H20N6O2. The number of benzene rings is 1. The number of aromatic nitrogens is 5. The third-order valence-electron chi connectivity index (χ3n) is 4.71. The minimum Gasteiger partial charge on any atom is -0.379 e. The van der Waals surface area contributed by atoms with Crippen LogP contribution in [0.4, 0.5) is 0 Å². The summed E-state index contributed by atoms with van der Waals surface area (Å²) in [4.78, 5) is 22.1. The molecule has 4 rings (SSSR count). The smallest absolute Gasteiger partial charge is 0.272 e. The first-order valence-corrected chi connectivity index (χ1v) is 8.44. The summed E-state index contributed by atoms with van der Waals surface area (Å²) < 4.78 is 7.24. The summed E-state index contributed by atoms with van der Waals surface area (Å²) in [5, 5.41) is 8.17. The zero-order valence-corrected chi connectivity index (χ0v) is 14.7. The van der Waals surface area contributed by atoms with Crippen LogP contribution in [0.2, 0.25) is 0 Å². The Morgan fingerprint density at radius 1 is 1.27 bits per heavy atom. The Morgan fingerprint density at radius 2 is 2.08 bits per heavy atom. The molecule has 3 aromatic rings. The maximum atomic E-state index is 12.9. The van der Waals surface area contributed by atoms with Crippen molar-refractivity contribution < 1.29 is 9.53 Å². The first kappa shape index (κ1) is 16.5. The van der Waals surface area contributed by atoms with Gasteiger partial charge in [-0.15, -0.1) is 5.10 Å². The molecule has 3 heterocycles. The molecule has 1 N–H and O–H groups in total. The van der Waals surface area contributed by atoms with Gasteiger partial charge in [-0.2, -0.15) is 0 Å². The number of aryl methyl sites for hydroxylation is 1. The summed E-state index contributed by atoms with van der Waals surface area (Å²) >= 11 is 0. The van der Waals surface area contributed by atoms with Gasteiger partial charge in [-0.1, -0.05) is 35.5 Å². The Labute approximate surface area is 150 Å². The van der Waals surface area contributed by atoms with Gasteiger partial charge in [0, 0.05) is 39.0 Å². The van der Waals surface area contributed by atoms with Gasteiger partial charge < -0.3 is 14.6 Å². The van der Waals surface area contributed by atoms with E-state index in [2.05, 4.69) is 20.3 Å². The van der Waals surface area contributed by atoms with Crippen LogP contribution in [0, 0.1) is 0 Å². The lowest BCUT2D eigenvalue weighted by Crippen LogP contribution is -2.30. The lowest BCUT2D eigenvalue weighted by Gasteiger charge is -2.14. The van der Waals surface area contributed by atoms with E-state index < -0.39 is 0 Å². The summed E-state index contributed by atoms with van der Waals surface area (Å²) in [6.45, 7) is 1.05. The number of nitrogens with zero attached hydrogens (tertiary/aromatic N) is 5. The van der Waals surface area contributed by atoms with Crippen LogP contribution in [0.3, 0.4) is 0 Å². The third-order valence-corrected chi connectivity index (χ3v) is 4.71. The molecule has 134 valence electrons. The first-order valence-electron chi connectivity index (χ1n) is 8.44. The van der Waals surface area contributed by atoms with Crippen molar-refractivity contribution in [1.82, 2.24) is 29.9 Å². The number of methoxy groups -OCH3 is 1. The summed E-state index contributed by atoms with van der Waals surface area (Å²) in [7, 11) is 3.48. The molecular weight excluding hydrogens is 332 g/mol. The number of amides is 1. The van der Waals surface area contributed by atoms with Crippen LogP contribution in [0.25, 0.3) is 11.4 Å². The fourth-order valence-electron chi connectivity index (χ4n) is 3.34. The monoisotopic (exact) mass is 352 g/mol. The normalized spacial score (nSPS) is 19.8. The Balaban J connectivity index is 1.53. The van der Waals surface area contributed by atoms with Crippen molar-refractivity contribution in [2.24, 2.45) is 7.05 Å². The summed E-state index contributed by atoms with van der Waals surface area (Å²) in [6.07, 6.45) is 3.35. The van der Waals surface area contributed by atoms with Crippen LogP contribution in [0.5, 0.6) is 0 Å². The number of imidazole rings is 1. The van der Waals surface area contributed by atoms with Crippen LogP contribution >= 0.6 is 0 Å². The molecule has 0 bridgehead atoms. The second-order valence-corrected chi connectivity index (χ2v) is 6.42. The zero-order valence-electron chi connectivity index (χ0n) is 14.7. The van der Waals surface area contributed by atoms with Crippen LogP contribution in [-0.2, 0) is 11.8 Å². The third kappa shape index (κ3) is 2.99. The molecule has 2 aromatic heterocycles. The van der Waals surface area contributed by atoms with E-state index in [0.29, 0.717) is 24.6 Å². The number of aromatic amines is 1. The number of carbonyl (C=O) groups excluding carboxylic acids is 1. The molecule has 1 aliphatic heterocycles. The molecule has 1 amide bonds. The van der Waals surface area contributed by atoms with E-state index in [1.54, 1.807) is 22.9 Å². The molecule has 0 unspecified atom stereocenters. The van der Waals surface area contributed by atoms with Crippen molar-refractivity contribution in [3.63, 3.8) is 0 Å². The molecule has 8 nitrogen and oxygen atoms in total. The van der Waals surface area contributed by atoms with Crippen LogP contribution in [0.1, 0.15) is 22.1 Å². The van der Waals surface area contributed by atoms with Crippen molar-refractivity contribution in [1.29, 1.82) is 0 Å². The predicted molar refractivity (Wildman–Crippen MR) is 94.5 cm³/mol. The summed E-state index contributed by atoms with van der Waals surface area (Å²) in [5.41, 5.74) is 2.25. The molecule has 1 fully saturated rings. The fraction of sp³-hybridized carbons (Fsp3) is 0.333. The van der Waals surface area contributed by atoms with E-state index in [9.17, 15) is 4.79 Å². The molecule has 1 aromatic carbocycles. The van der Waals surface area contributed by atoms with E-state index >= 15 is 0 Å². The lowest BCUT2D eigenvalue weighted by atomic mass is 10.0. The molecule has 1 saturated heterocycles. The van der Waals surface area contributed by atoms with Gasteiger partial charge in [0.1, 0.15) is 11.5 Å². The summed E-state index contributed by atoms with van der Waals surface area (Å²) in [6, 6.07) is 9.73.